The van der Waals surface area contributed by atoms with Crippen molar-refractivity contribution in [2.45, 2.75) is 64.5 Å². The van der Waals surface area contributed by atoms with E-state index in [0.717, 1.165) is 6.42 Å². The average Bonchev–Trinajstić information content (AvgIpc) is 2.14. The van der Waals surface area contributed by atoms with Crippen LogP contribution in [0.5, 0.6) is 0 Å². The number of rotatable bonds is 6. The molecule has 0 aliphatic heterocycles. The molecular weight excluding hydrogens is 216 g/mol. The summed E-state index contributed by atoms with van der Waals surface area (Å²) >= 11 is 0. The molecule has 0 aromatic rings. The smallest absolute Gasteiger partial charge is 0.315 e. The summed E-state index contributed by atoms with van der Waals surface area (Å²) in [6.07, 6.45) is 5.15. The first kappa shape index (κ1) is 14.3. The molecule has 0 spiro atoms. The summed E-state index contributed by atoms with van der Waals surface area (Å²) in [7, 11) is 0. The molecule has 2 amide bonds. The maximum absolute atomic E-state index is 11.8. The zero-order valence-electron chi connectivity index (χ0n) is 11.3. The van der Waals surface area contributed by atoms with E-state index in [1.807, 2.05) is 13.8 Å². The Hall–Kier alpha value is -0.770. The maximum atomic E-state index is 11.8. The second-order valence-corrected chi connectivity index (χ2v) is 5.47. The lowest BCUT2D eigenvalue weighted by molar-refractivity contribution is 0.188. The normalized spacial score (nSPS) is 21.2. The number of hydrogen-bond acceptors (Lipinski definition) is 2. The fraction of sp³-hybridized carbons (Fsp3) is 0.923. The molecule has 0 bridgehead atoms. The van der Waals surface area contributed by atoms with E-state index in [1.165, 1.54) is 19.3 Å². The molecule has 100 valence electrons. The summed E-state index contributed by atoms with van der Waals surface area (Å²) < 4.78 is 0. The van der Waals surface area contributed by atoms with Crippen LogP contribution in [0.1, 0.15) is 52.9 Å². The average molecular weight is 242 g/mol. The predicted octanol–water partition coefficient (Wildman–Crippen LogP) is 2.03. The quantitative estimate of drug-likeness (QED) is 0.667. The van der Waals surface area contributed by atoms with Crippen LogP contribution < -0.4 is 10.6 Å². The largest absolute Gasteiger partial charge is 0.396 e. The van der Waals surface area contributed by atoms with Crippen LogP contribution in [0.3, 0.4) is 0 Å². The van der Waals surface area contributed by atoms with E-state index in [2.05, 4.69) is 17.6 Å². The molecule has 1 rings (SSSR count). The van der Waals surface area contributed by atoms with Gasteiger partial charge in [-0.2, -0.15) is 0 Å². The minimum atomic E-state index is -0.307. The van der Waals surface area contributed by atoms with Crippen molar-refractivity contribution >= 4 is 6.03 Å². The molecule has 4 nitrogen and oxygen atoms in total. The Morgan fingerprint density at radius 2 is 2.18 bits per heavy atom. The molecule has 0 heterocycles. The van der Waals surface area contributed by atoms with Crippen molar-refractivity contribution in [3.63, 3.8) is 0 Å². The second-order valence-electron chi connectivity index (χ2n) is 5.47. The fourth-order valence-corrected chi connectivity index (χ4v) is 2.15. The van der Waals surface area contributed by atoms with Crippen LogP contribution in [0.15, 0.2) is 0 Å². The highest BCUT2D eigenvalue weighted by atomic mass is 16.3. The van der Waals surface area contributed by atoms with Crippen molar-refractivity contribution in [1.29, 1.82) is 0 Å². The molecular formula is C13H26N2O2. The van der Waals surface area contributed by atoms with Crippen LogP contribution in [-0.2, 0) is 0 Å². The number of hydrogen-bond donors (Lipinski definition) is 3. The van der Waals surface area contributed by atoms with Gasteiger partial charge in [-0.3, -0.25) is 0 Å². The number of nitrogens with one attached hydrogen (secondary N) is 2. The number of urea groups is 1. The van der Waals surface area contributed by atoms with Crippen molar-refractivity contribution in [3.8, 4) is 0 Å². The lowest BCUT2D eigenvalue weighted by Gasteiger charge is -2.34. The molecule has 1 saturated carbocycles. The Labute approximate surface area is 104 Å². The van der Waals surface area contributed by atoms with E-state index < -0.39 is 0 Å². The topological polar surface area (TPSA) is 61.4 Å². The van der Waals surface area contributed by atoms with E-state index in [9.17, 15) is 4.79 Å². The SMILES string of the molecule is CCC(C)(CCO)NC(=O)NC(C)C1CCC1. The number of aliphatic hydroxyl groups is 1. The molecule has 17 heavy (non-hydrogen) atoms. The van der Waals surface area contributed by atoms with Gasteiger partial charge in [-0.25, -0.2) is 4.79 Å². The second kappa shape index (κ2) is 6.24. The highest BCUT2D eigenvalue weighted by Crippen LogP contribution is 2.29. The molecule has 0 aromatic heterocycles. The van der Waals surface area contributed by atoms with E-state index in [0.29, 0.717) is 12.3 Å². The molecule has 0 saturated heterocycles. The van der Waals surface area contributed by atoms with E-state index in [1.54, 1.807) is 0 Å². The number of aliphatic hydroxyl groups excluding tert-OH is 1. The van der Waals surface area contributed by atoms with Crippen molar-refractivity contribution in [2.75, 3.05) is 6.61 Å². The van der Waals surface area contributed by atoms with Gasteiger partial charge < -0.3 is 15.7 Å². The molecule has 2 unspecified atom stereocenters. The Bertz CT molecular complexity index is 254. The zero-order chi connectivity index (χ0) is 12.9. The lowest BCUT2D eigenvalue weighted by atomic mass is 9.80. The van der Waals surface area contributed by atoms with Crippen LogP contribution >= 0.6 is 0 Å². The van der Waals surface area contributed by atoms with Gasteiger partial charge in [0.2, 0.25) is 0 Å². The highest BCUT2D eigenvalue weighted by Gasteiger charge is 2.28. The Kier molecular flexibility index (Phi) is 5.25. The minimum absolute atomic E-state index is 0.1000. The summed E-state index contributed by atoms with van der Waals surface area (Å²) in [6, 6.07) is 0.140. The molecule has 1 aliphatic carbocycles. The zero-order valence-corrected chi connectivity index (χ0v) is 11.3. The predicted molar refractivity (Wildman–Crippen MR) is 68.9 cm³/mol. The van der Waals surface area contributed by atoms with Gasteiger partial charge in [0, 0.05) is 18.2 Å². The number of carbonyl (C=O) groups is 1. The van der Waals surface area contributed by atoms with Gasteiger partial charge in [-0.1, -0.05) is 13.3 Å². The first-order valence-electron chi connectivity index (χ1n) is 6.70. The number of carbonyl (C=O) groups excluding carboxylic acids is 1. The molecule has 2 atom stereocenters. The highest BCUT2D eigenvalue weighted by molar-refractivity contribution is 5.75. The van der Waals surface area contributed by atoms with Crippen molar-refractivity contribution in [2.24, 2.45) is 5.92 Å². The van der Waals surface area contributed by atoms with Crippen molar-refractivity contribution in [3.05, 3.63) is 0 Å². The maximum Gasteiger partial charge on any atom is 0.315 e. The van der Waals surface area contributed by atoms with Crippen LogP contribution in [-0.4, -0.2) is 29.3 Å². The van der Waals surface area contributed by atoms with Crippen molar-refractivity contribution < 1.29 is 9.90 Å². The van der Waals surface area contributed by atoms with E-state index in [-0.39, 0.29) is 24.2 Å². The Morgan fingerprint density at radius 1 is 1.53 bits per heavy atom. The van der Waals surface area contributed by atoms with Crippen LogP contribution in [0.25, 0.3) is 0 Å². The van der Waals surface area contributed by atoms with Crippen LogP contribution in [0, 0.1) is 5.92 Å². The summed E-state index contributed by atoms with van der Waals surface area (Å²) in [5, 5.41) is 15.0. The molecule has 4 heteroatoms. The van der Waals surface area contributed by atoms with Gasteiger partial charge in [0.25, 0.3) is 0 Å². The first-order valence-corrected chi connectivity index (χ1v) is 6.70. The molecule has 1 fully saturated rings. The van der Waals surface area contributed by atoms with Gasteiger partial charge in [0.15, 0.2) is 0 Å². The lowest BCUT2D eigenvalue weighted by Crippen LogP contribution is -2.53. The third kappa shape index (κ3) is 4.19. The summed E-state index contributed by atoms with van der Waals surface area (Å²) in [5.41, 5.74) is -0.307. The van der Waals surface area contributed by atoms with E-state index in [4.69, 9.17) is 5.11 Å². The molecule has 3 N–H and O–H groups in total. The van der Waals surface area contributed by atoms with Crippen LogP contribution in [0.2, 0.25) is 0 Å². The van der Waals surface area contributed by atoms with Gasteiger partial charge in [0.05, 0.1) is 0 Å². The summed E-state index contributed by atoms with van der Waals surface area (Å²) in [6.45, 7) is 6.16. The Balaban J connectivity index is 2.36. The summed E-state index contributed by atoms with van der Waals surface area (Å²) in [4.78, 5) is 11.8. The first-order chi connectivity index (χ1) is 8.00. The van der Waals surface area contributed by atoms with Gasteiger partial charge in [0.1, 0.15) is 0 Å². The van der Waals surface area contributed by atoms with Gasteiger partial charge in [-0.15, -0.1) is 0 Å². The molecule has 0 aromatic carbocycles. The summed E-state index contributed by atoms with van der Waals surface area (Å²) in [5.74, 6) is 0.645. The minimum Gasteiger partial charge on any atom is -0.396 e. The molecule has 1 aliphatic rings. The standard InChI is InChI=1S/C13H26N2O2/c1-4-13(3,8-9-16)15-12(17)14-10(2)11-6-5-7-11/h10-11,16H,4-9H2,1-3H3,(H2,14,15,17). The number of amides is 2. The van der Waals surface area contributed by atoms with E-state index >= 15 is 0 Å². The molecule has 0 radical (unpaired) electrons. The third-order valence-electron chi connectivity index (χ3n) is 4.07. The monoisotopic (exact) mass is 242 g/mol. The Morgan fingerprint density at radius 3 is 2.59 bits per heavy atom. The van der Waals surface area contributed by atoms with Gasteiger partial charge in [-0.05, 0) is 45.4 Å². The van der Waals surface area contributed by atoms with Crippen molar-refractivity contribution in [1.82, 2.24) is 10.6 Å². The fourth-order valence-electron chi connectivity index (χ4n) is 2.15. The van der Waals surface area contributed by atoms with Gasteiger partial charge >= 0.3 is 6.03 Å². The third-order valence-corrected chi connectivity index (χ3v) is 4.07. The van der Waals surface area contributed by atoms with Crippen LogP contribution in [0.4, 0.5) is 4.79 Å².